The number of hydrogen-bond donors (Lipinski definition) is 1. The summed E-state index contributed by atoms with van der Waals surface area (Å²) in [5, 5.41) is 5.79. The summed E-state index contributed by atoms with van der Waals surface area (Å²) < 4.78 is 17.3. The monoisotopic (exact) mass is 554 g/mol. The Morgan fingerprint density at radius 2 is 1.30 bits per heavy atom. The first-order chi connectivity index (χ1) is 17.9. The molecule has 0 atom stereocenters. The molecule has 4 aromatic rings. The van der Waals surface area contributed by atoms with Crippen molar-refractivity contribution < 1.29 is 19.0 Å². The molecule has 0 heterocycles. The van der Waals surface area contributed by atoms with Crippen molar-refractivity contribution >= 4 is 46.9 Å². The van der Waals surface area contributed by atoms with Crippen LogP contribution in [0.3, 0.4) is 0 Å². The van der Waals surface area contributed by atoms with Crippen LogP contribution in [0.2, 0.25) is 15.1 Å². The zero-order valence-electron chi connectivity index (χ0n) is 19.3. The van der Waals surface area contributed by atoms with Crippen LogP contribution in [0.4, 0.5) is 0 Å². The van der Waals surface area contributed by atoms with Crippen LogP contribution in [-0.4, -0.2) is 18.4 Å². The van der Waals surface area contributed by atoms with Crippen LogP contribution in [0.5, 0.6) is 17.2 Å². The van der Waals surface area contributed by atoms with E-state index in [4.69, 9.17) is 49.0 Å². The maximum absolute atomic E-state index is 12.9. The van der Waals surface area contributed by atoms with E-state index in [0.29, 0.717) is 38.9 Å². The Morgan fingerprint density at radius 1 is 0.757 bits per heavy atom. The second-order valence-corrected chi connectivity index (χ2v) is 9.01. The van der Waals surface area contributed by atoms with Gasteiger partial charge in [-0.05, 0) is 83.9 Å². The predicted octanol–water partition coefficient (Wildman–Crippen LogP) is 7.16. The van der Waals surface area contributed by atoms with Crippen LogP contribution in [0.15, 0.2) is 102 Å². The first kappa shape index (κ1) is 26.4. The highest BCUT2D eigenvalue weighted by atomic mass is 35.5. The fourth-order valence-electron chi connectivity index (χ4n) is 3.06. The largest absolute Gasteiger partial charge is 0.489 e. The summed E-state index contributed by atoms with van der Waals surface area (Å²) in [7, 11) is 0. The van der Waals surface area contributed by atoms with Gasteiger partial charge in [0.15, 0.2) is 0 Å². The maximum atomic E-state index is 12.9. The van der Waals surface area contributed by atoms with E-state index in [9.17, 15) is 4.79 Å². The number of nitrogens with zero attached hydrogens (tertiary/aromatic N) is 1. The van der Waals surface area contributed by atoms with E-state index in [1.165, 1.54) is 6.21 Å². The average molecular weight is 556 g/mol. The lowest BCUT2D eigenvalue weighted by molar-refractivity contribution is -0.140. The van der Waals surface area contributed by atoms with Crippen molar-refractivity contribution in [1.82, 2.24) is 5.43 Å². The zero-order chi connectivity index (χ0) is 26.0. The number of halogens is 3. The zero-order valence-corrected chi connectivity index (χ0v) is 21.6. The highest BCUT2D eigenvalue weighted by molar-refractivity contribution is 6.31. The molecule has 0 saturated heterocycles. The number of carbonyl (C=O) groups excluding carboxylic acids is 1. The highest BCUT2D eigenvalue weighted by Crippen LogP contribution is 2.21. The first-order valence-corrected chi connectivity index (χ1v) is 12.2. The molecule has 1 amide bonds. The van der Waals surface area contributed by atoms with Gasteiger partial charge in [0.1, 0.15) is 23.9 Å². The van der Waals surface area contributed by atoms with E-state index in [-0.39, 0.29) is 0 Å². The Morgan fingerprint density at radius 3 is 1.86 bits per heavy atom. The number of carbonyl (C=O) groups is 1. The van der Waals surface area contributed by atoms with Crippen molar-refractivity contribution in [2.75, 3.05) is 0 Å². The van der Waals surface area contributed by atoms with Crippen molar-refractivity contribution in [3.05, 3.63) is 123 Å². The Labute approximate surface area is 229 Å². The number of benzene rings is 4. The fourth-order valence-corrected chi connectivity index (χ4v) is 3.44. The van der Waals surface area contributed by atoms with Gasteiger partial charge in [0.25, 0.3) is 0 Å². The third kappa shape index (κ3) is 8.43. The molecule has 0 unspecified atom stereocenters. The summed E-state index contributed by atoms with van der Waals surface area (Å²) in [5.74, 6) is 0.831. The van der Waals surface area contributed by atoms with Crippen molar-refractivity contribution in [2.24, 2.45) is 5.10 Å². The second kappa shape index (κ2) is 13.0. The summed E-state index contributed by atoms with van der Waals surface area (Å²) in [5.41, 5.74) is 4.17. The van der Waals surface area contributed by atoms with Gasteiger partial charge in [0.2, 0.25) is 0 Å². The van der Waals surface area contributed by atoms with Gasteiger partial charge in [-0.2, -0.15) is 5.10 Å². The van der Waals surface area contributed by atoms with E-state index in [0.717, 1.165) is 11.1 Å². The molecule has 188 valence electrons. The summed E-state index contributed by atoms with van der Waals surface area (Å²) in [4.78, 5) is 12.9. The quantitative estimate of drug-likeness (QED) is 0.128. The van der Waals surface area contributed by atoms with Gasteiger partial charge in [0, 0.05) is 15.1 Å². The lowest BCUT2D eigenvalue weighted by Gasteiger charge is -2.19. The Bertz CT molecular complexity index is 1300. The molecule has 0 bridgehead atoms. The summed E-state index contributed by atoms with van der Waals surface area (Å²) in [6, 6.07) is 27.8. The van der Waals surface area contributed by atoms with Gasteiger partial charge in [-0.15, -0.1) is 0 Å². The molecule has 9 heteroatoms. The Kier molecular flexibility index (Phi) is 9.27. The molecule has 0 aromatic heterocycles. The minimum atomic E-state index is -1.33. The molecule has 0 spiro atoms. The molecule has 0 aliphatic heterocycles. The smallest absolute Gasteiger partial charge is 0.323 e. The van der Waals surface area contributed by atoms with Crippen LogP contribution < -0.4 is 19.6 Å². The van der Waals surface area contributed by atoms with Crippen LogP contribution in [0.1, 0.15) is 11.1 Å². The summed E-state index contributed by atoms with van der Waals surface area (Å²) in [6.07, 6.45) is 0.169. The van der Waals surface area contributed by atoms with Gasteiger partial charge in [-0.25, -0.2) is 5.43 Å². The van der Waals surface area contributed by atoms with Crippen molar-refractivity contribution in [3.63, 3.8) is 0 Å². The lowest BCUT2D eigenvalue weighted by atomic mass is 10.2. The van der Waals surface area contributed by atoms with E-state index in [1.54, 1.807) is 54.6 Å². The van der Waals surface area contributed by atoms with Crippen LogP contribution in [-0.2, 0) is 11.4 Å². The summed E-state index contributed by atoms with van der Waals surface area (Å²) >= 11 is 17.8. The normalized spacial score (nSPS) is 10.9. The molecular weight excluding hydrogens is 535 g/mol. The molecule has 4 rings (SSSR count). The summed E-state index contributed by atoms with van der Waals surface area (Å²) in [6.45, 7) is 0.389. The van der Waals surface area contributed by atoms with Crippen LogP contribution in [0.25, 0.3) is 0 Å². The number of ether oxygens (including phenoxy) is 3. The molecule has 0 aliphatic carbocycles. The first-order valence-electron chi connectivity index (χ1n) is 11.1. The van der Waals surface area contributed by atoms with Gasteiger partial charge in [-0.1, -0.05) is 59.1 Å². The minimum absolute atomic E-state index is 0.389. The van der Waals surface area contributed by atoms with Crippen LogP contribution in [0, 0.1) is 0 Å². The van der Waals surface area contributed by atoms with Crippen LogP contribution >= 0.6 is 34.8 Å². The lowest BCUT2D eigenvalue weighted by Crippen LogP contribution is -2.40. The SMILES string of the molecule is O=C(N/N=C/c1cccc(OCc2ccc(Cl)cc2)c1)C(Oc1ccc(Cl)cc1)Oc1ccc(Cl)cc1. The third-order valence-corrected chi connectivity index (χ3v) is 5.65. The number of nitrogens with one attached hydrogen (secondary N) is 1. The third-order valence-electron chi connectivity index (χ3n) is 4.89. The highest BCUT2D eigenvalue weighted by Gasteiger charge is 2.22. The van der Waals surface area contributed by atoms with E-state index >= 15 is 0 Å². The molecule has 4 aromatic carbocycles. The van der Waals surface area contributed by atoms with E-state index in [2.05, 4.69) is 10.5 Å². The van der Waals surface area contributed by atoms with E-state index < -0.39 is 12.2 Å². The number of amides is 1. The molecule has 0 radical (unpaired) electrons. The van der Waals surface area contributed by atoms with Gasteiger partial charge in [-0.3, -0.25) is 4.79 Å². The molecular formula is C28H21Cl3N2O4. The topological polar surface area (TPSA) is 69.2 Å². The van der Waals surface area contributed by atoms with E-state index in [1.807, 2.05) is 42.5 Å². The standard InChI is InChI=1S/C28H21Cl3N2O4/c29-21-6-4-19(5-7-21)18-35-26-3-1-2-20(16-26)17-32-33-27(34)28(36-24-12-8-22(30)9-13-24)37-25-14-10-23(31)11-15-25/h1-17,28H,18H2,(H,33,34)/b32-17+. The van der Waals surface area contributed by atoms with Crippen molar-refractivity contribution in [2.45, 2.75) is 12.9 Å². The average Bonchev–Trinajstić information content (AvgIpc) is 2.90. The van der Waals surface area contributed by atoms with Gasteiger partial charge in [0.05, 0.1) is 6.21 Å². The van der Waals surface area contributed by atoms with Crippen molar-refractivity contribution in [1.29, 1.82) is 0 Å². The van der Waals surface area contributed by atoms with Gasteiger partial charge < -0.3 is 14.2 Å². The number of hydrazone groups is 1. The second-order valence-electron chi connectivity index (χ2n) is 7.70. The molecule has 0 saturated carbocycles. The molecule has 6 nitrogen and oxygen atoms in total. The molecule has 0 aliphatic rings. The molecule has 1 N–H and O–H groups in total. The number of rotatable bonds is 10. The Balaban J connectivity index is 1.39. The van der Waals surface area contributed by atoms with Gasteiger partial charge >= 0.3 is 12.2 Å². The maximum Gasteiger partial charge on any atom is 0.323 e. The van der Waals surface area contributed by atoms with Crippen molar-refractivity contribution in [3.8, 4) is 17.2 Å². The number of hydrogen-bond acceptors (Lipinski definition) is 5. The fraction of sp³-hybridized carbons (Fsp3) is 0.0714. The Hall–Kier alpha value is -3.71. The molecule has 0 fully saturated rings. The minimum Gasteiger partial charge on any atom is -0.489 e. The molecule has 37 heavy (non-hydrogen) atoms. The predicted molar refractivity (Wildman–Crippen MR) is 146 cm³/mol.